The molecule has 1 saturated heterocycles. The first kappa shape index (κ1) is 16.0. The van der Waals surface area contributed by atoms with E-state index in [1.54, 1.807) is 0 Å². The van der Waals surface area contributed by atoms with Gasteiger partial charge in [0.2, 0.25) is 0 Å². The Morgan fingerprint density at radius 3 is 2.55 bits per heavy atom. The lowest BCUT2D eigenvalue weighted by molar-refractivity contribution is -0.193. The van der Waals surface area contributed by atoms with Gasteiger partial charge in [0.1, 0.15) is 6.10 Å². The molecule has 4 atom stereocenters. The summed E-state index contributed by atoms with van der Waals surface area (Å²) in [5.74, 6) is -0.202. The Hall–Kier alpha value is -0.393. The Bertz CT molecular complexity index is 401. The third-order valence-electron chi connectivity index (χ3n) is 5.40. The van der Waals surface area contributed by atoms with Crippen molar-refractivity contribution in [1.29, 1.82) is 0 Å². The summed E-state index contributed by atoms with van der Waals surface area (Å²) >= 11 is 0. The molecular formula is C15H28O4Si. The topological polar surface area (TPSA) is 55.8 Å². The molecule has 5 heteroatoms. The Morgan fingerprint density at radius 2 is 2.00 bits per heavy atom. The lowest BCUT2D eigenvalue weighted by Crippen LogP contribution is -2.58. The van der Waals surface area contributed by atoms with Crippen molar-refractivity contribution < 1.29 is 19.1 Å². The van der Waals surface area contributed by atoms with Gasteiger partial charge in [-0.2, -0.15) is 0 Å². The molecule has 1 aliphatic carbocycles. The fourth-order valence-corrected chi connectivity index (χ4v) is 4.40. The van der Waals surface area contributed by atoms with Crippen LogP contribution in [0.1, 0.15) is 47.0 Å². The number of esters is 1. The molecule has 1 heterocycles. The number of ether oxygens (including phenoxy) is 1. The van der Waals surface area contributed by atoms with Crippen LogP contribution in [0, 0.1) is 5.41 Å². The van der Waals surface area contributed by atoms with Crippen LogP contribution in [0.25, 0.3) is 0 Å². The molecule has 1 aliphatic heterocycles. The molecule has 2 rings (SSSR count). The average Bonchev–Trinajstić information content (AvgIpc) is 2.23. The van der Waals surface area contributed by atoms with Crippen LogP contribution in [-0.4, -0.2) is 37.7 Å². The standard InChI is InChI=1S/C15H28O4Si/c1-14(2,3)20(5,6)19-12-7-10(16)11-8-15(12,4)9-13(17)18-11/h10-12,16H,7-9H2,1-6H3/t10-,11+,12+,15+/m1/s1. The van der Waals surface area contributed by atoms with E-state index < -0.39 is 14.4 Å². The van der Waals surface area contributed by atoms with Gasteiger partial charge in [-0.05, 0) is 24.6 Å². The summed E-state index contributed by atoms with van der Waals surface area (Å²) in [5, 5.41) is 10.3. The molecule has 0 aromatic carbocycles. The molecule has 116 valence electrons. The zero-order chi connectivity index (χ0) is 15.3. The minimum atomic E-state index is -1.91. The molecule has 0 spiro atoms. The maximum absolute atomic E-state index is 11.8. The number of hydrogen-bond donors (Lipinski definition) is 1. The zero-order valence-electron chi connectivity index (χ0n) is 13.5. The van der Waals surface area contributed by atoms with Gasteiger partial charge in [-0.1, -0.05) is 27.7 Å². The Balaban J connectivity index is 2.21. The highest BCUT2D eigenvalue weighted by Gasteiger charge is 2.53. The largest absolute Gasteiger partial charge is 0.460 e. The SMILES string of the molecule is CC(C)(C)[Si](C)(C)O[C@H]1C[C@@H](O)[C@@H]2C[C@@]1(C)CC(=O)O2. The number of aliphatic hydroxyl groups excluding tert-OH is 1. The summed E-state index contributed by atoms with van der Waals surface area (Å²) in [4.78, 5) is 11.8. The maximum Gasteiger partial charge on any atom is 0.306 e. The molecule has 0 amide bonds. The van der Waals surface area contributed by atoms with Crippen molar-refractivity contribution in [3.63, 3.8) is 0 Å². The van der Waals surface area contributed by atoms with Crippen LogP contribution >= 0.6 is 0 Å². The van der Waals surface area contributed by atoms with Crippen molar-refractivity contribution in [2.75, 3.05) is 0 Å². The molecule has 2 bridgehead atoms. The van der Waals surface area contributed by atoms with Gasteiger partial charge in [0.05, 0.1) is 18.6 Å². The Morgan fingerprint density at radius 1 is 1.40 bits per heavy atom. The highest BCUT2D eigenvalue weighted by atomic mass is 28.4. The number of fused-ring (bicyclic) bond motifs is 2. The van der Waals surface area contributed by atoms with E-state index in [0.29, 0.717) is 19.3 Å². The van der Waals surface area contributed by atoms with E-state index in [4.69, 9.17) is 9.16 Å². The van der Waals surface area contributed by atoms with Crippen molar-refractivity contribution in [2.24, 2.45) is 5.41 Å². The Kier molecular flexibility index (Phi) is 3.85. The van der Waals surface area contributed by atoms with Crippen molar-refractivity contribution in [3.05, 3.63) is 0 Å². The van der Waals surface area contributed by atoms with Crippen LogP contribution < -0.4 is 0 Å². The second-order valence-corrected chi connectivity index (χ2v) is 13.0. The fraction of sp³-hybridized carbons (Fsp3) is 0.933. The number of carbonyl (C=O) groups excluding carboxylic acids is 1. The third kappa shape index (κ3) is 2.80. The molecule has 0 unspecified atom stereocenters. The predicted molar refractivity (Wildman–Crippen MR) is 79.9 cm³/mol. The van der Waals surface area contributed by atoms with Crippen molar-refractivity contribution in [2.45, 2.75) is 83.4 Å². The van der Waals surface area contributed by atoms with E-state index >= 15 is 0 Å². The smallest absolute Gasteiger partial charge is 0.306 e. The van der Waals surface area contributed by atoms with Crippen LogP contribution in [0.4, 0.5) is 0 Å². The van der Waals surface area contributed by atoms with E-state index in [2.05, 4.69) is 40.8 Å². The number of hydrogen-bond acceptors (Lipinski definition) is 4. The average molecular weight is 300 g/mol. The van der Waals surface area contributed by atoms with Crippen molar-refractivity contribution in [1.82, 2.24) is 0 Å². The number of rotatable bonds is 2. The van der Waals surface area contributed by atoms with Gasteiger partial charge in [-0.3, -0.25) is 4.79 Å². The van der Waals surface area contributed by atoms with E-state index in [1.165, 1.54) is 0 Å². The van der Waals surface area contributed by atoms with E-state index in [1.807, 2.05) is 0 Å². The van der Waals surface area contributed by atoms with Crippen LogP contribution in [0.2, 0.25) is 18.1 Å². The summed E-state index contributed by atoms with van der Waals surface area (Å²) in [6, 6.07) is 0. The number of aliphatic hydroxyl groups is 1. The molecule has 1 N–H and O–H groups in total. The molecule has 0 aromatic rings. The van der Waals surface area contributed by atoms with Crippen LogP contribution in [-0.2, 0) is 14.0 Å². The van der Waals surface area contributed by atoms with Gasteiger partial charge < -0.3 is 14.3 Å². The van der Waals surface area contributed by atoms with Gasteiger partial charge in [0.25, 0.3) is 0 Å². The van der Waals surface area contributed by atoms with E-state index in [0.717, 1.165) is 0 Å². The molecule has 2 fully saturated rings. The summed E-state index contributed by atoms with van der Waals surface area (Å²) < 4.78 is 11.8. The minimum absolute atomic E-state index is 0.0532. The summed E-state index contributed by atoms with van der Waals surface area (Å²) in [6.07, 6.45) is 0.681. The molecule has 2 aliphatic rings. The van der Waals surface area contributed by atoms with Gasteiger partial charge >= 0.3 is 5.97 Å². The van der Waals surface area contributed by atoms with Crippen LogP contribution in [0.5, 0.6) is 0 Å². The summed E-state index contributed by atoms with van der Waals surface area (Å²) in [5.41, 5.74) is -0.200. The van der Waals surface area contributed by atoms with Gasteiger partial charge in [-0.15, -0.1) is 0 Å². The molecular weight excluding hydrogens is 272 g/mol. The molecule has 20 heavy (non-hydrogen) atoms. The second kappa shape index (κ2) is 4.82. The van der Waals surface area contributed by atoms with Crippen molar-refractivity contribution >= 4 is 14.3 Å². The molecule has 4 nitrogen and oxygen atoms in total. The quantitative estimate of drug-likeness (QED) is 0.629. The van der Waals surface area contributed by atoms with Crippen molar-refractivity contribution in [3.8, 4) is 0 Å². The molecule has 0 aromatic heterocycles. The van der Waals surface area contributed by atoms with Gasteiger partial charge in [-0.25, -0.2) is 0 Å². The minimum Gasteiger partial charge on any atom is -0.460 e. The zero-order valence-corrected chi connectivity index (χ0v) is 14.5. The molecule has 0 radical (unpaired) electrons. The van der Waals surface area contributed by atoms with Crippen LogP contribution in [0.15, 0.2) is 0 Å². The lowest BCUT2D eigenvalue weighted by Gasteiger charge is -2.52. The predicted octanol–water partition coefficient (Wildman–Crippen LogP) is 2.85. The Labute approximate surface area is 123 Å². The maximum atomic E-state index is 11.8. The first-order valence-electron chi connectivity index (χ1n) is 7.50. The van der Waals surface area contributed by atoms with E-state index in [9.17, 15) is 9.90 Å². The first-order valence-corrected chi connectivity index (χ1v) is 10.4. The highest BCUT2D eigenvalue weighted by Crippen LogP contribution is 2.48. The first-order chi connectivity index (χ1) is 8.95. The van der Waals surface area contributed by atoms with Gasteiger partial charge in [0, 0.05) is 11.8 Å². The lowest BCUT2D eigenvalue weighted by atomic mass is 9.68. The summed E-state index contributed by atoms with van der Waals surface area (Å²) in [7, 11) is -1.91. The van der Waals surface area contributed by atoms with Crippen LogP contribution in [0.3, 0.4) is 0 Å². The number of carbonyl (C=O) groups is 1. The highest BCUT2D eigenvalue weighted by molar-refractivity contribution is 6.74. The third-order valence-corrected chi connectivity index (χ3v) is 9.89. The second-order valence-electron chi connectivity index (χ2n) is 8.23. The normalized spacial score (nSPS) is 38.5. The van der Waals surface area contributed by atoms with E-state index in [-0.39, 0.29) is 28.6 Å². The monoisotopic (exact) mass is 300 g/mol. The molecule has 1 saturated carbocycles. The fourth-order valence-electron chi connectivity index (χ4n) is 2.95. The van der Waals surface area contributed by atoms with Gasteiger partial charge in [0.15, 0.2) is 8.32 Å². The summed E-state index contributed by atoms with van der Waals surface area (Å²) in [6.45, 7) is 13.2.